The third-order valence-corrected chi connectivity index (χ3v) is 5.07. The summed E-state index contributed by atoms with van der Waals surface area (Å²) in [6.07, 6.45) is 2.56. The summed E-state index contributed by atoms with van der Waals surface area (Å²) in [5, 5.41) is 19.4. The summed E-state index contributed by atoms with van der Waals surface area (Å²) in [7, 11) is 0. The van der Waals surface area contributed by atoms with Crippen molar-refractivity contribution in [1.82, 2.24) is 19.7 Å². The van der Waals surface area contributed by atoms with Gasteiger partial charge in [0.05, 0.1) is 36.0 Å². The number of hydrogen-bond acceptors (Lipinski definition) is 6. The monoisotopic (exact) mass is 417 g/mol. The zero-order valence-electron chi connectivity index (χ0n) is 17.8. The van der Waals surface area contributed by atoms with Crippen LogP contribution in [-0.4, -0.2) is 43.6 Å². The van der Waals surface area contributed by atoms with Crippen LogP contribution >= 0.6 is 0 Å². The number of hydrogen-bond donors (Lipinski definition) is 2. The molecule has 0 spiro atoms. The number of nitrogens with one attached hydrogen (secondary N) is 1. The summed E-state index contributed by atoms with van der Waals surface area (Å²) in [4.78, 5) is 9.16. The fraction of sp³-hybridized carbons (Fsp3) is 0.292. The minimum absolute atomic E-state index is 0.239. The van der Waals surface area contributed by atoms with E-state index in [1.165, 1.54) is 0 Å². The fourth-order valence-corrected chi connectivity index (χ4v) is 3.36. The second-order valence-electron chi connectivity index (χ2n) is 7.52. The van der Waals surface area contributed by atoms with Crippen molar-refractivity contribution in [1.29, 1.82) is 0 Å². The number of aromatic nitrogens is 4. The van der Waals surface area contributed by atoms with E-state index in [1.807, 2.05) is 74.5 Å². The van der Waals surface area contributed by atoms with Crippen molar-refractivity contribution in [3.8, 4) is 11.7 Å². The van der Waals surface area contributed by atoms with Crippen LogP contribution < -0.4 is 10.1 Å². The zero-order chi connectivity index (χ0) is 21.6. The van der Waals surface area contributed by atoms with Gasteiger partial charge in [0, 0.05) is 6.42 Å². The van der Waals surface area contributed by atoms with E-state index in [0.717, 1.165) is 23.1 Å². The van der Waals surface area contributed by atoms with E-state index in [0.29, 0.717) is 30.5 Å². The van der Waals surface area contributed by atoms with Gasteiger partial charge in [-0.15, -0.1) is 0 Å². The Hall–Kier alpha value is -3.45. The van der Waals surface area contributed by atoms with Gasteiger partial charge >= 0.3 is 6.01 Å². The first-order valence-electron chi connectivity index (χ1n) is 10.6. The average molecular weight is 418 g/mol. The van der Waals surface area contributed by atoms with Gasteiger partial charge in [-0.1, -0.05) is 55.5 Å². The molecule has 0 unspecified atom stereocenters. The molecule has 0 amide bonds. The van der Waals surface area contributed by atoms with E-state index in [1.54, 1.807) is 10.9 Å². The number of nitrogens with zero attached hydrogens (tertiary/aromatic N) is 4. The Morgan fingerprint density at radius 3 is 2.45 bits per heavy atom. The highest BCUT2D eigenvalue weighted by Crippen LogP contribution is 2.26. The molecule has 4 rings (SSSR count). The molecular formula is C24H27N5O2. The topological polar surface area (TPSA) is 85.1 Å². The molecule has 0 aliphatic carbocycles. The predicted molar refractivity (Wildman–Crippen MR) is 122 cm³/mol. The van der Waals surface area contributed by atoms with Crippen LogP contribution in [0.1, 0.15) is 25.8 Å². The second kappa shape index (κ2) is 9.57. The van der Waals surface area contributed by atoms with Crippen LogP contribution in [0.25, 0.3) is 16.7 Å². The van der Waals surface area contributed by atoms with E-state index in [9.17, 15) is 5.11 Å². The molecule has 2 atom stereocenters. The van der Waals surface area contributed by atoms with Gasteiger partial charge in [0.1, 0.15) is 5.82 Å². The number of ether oxygens (including phenoxy) is 1. The number of fused-ring (bicyclic) bond motifs is 1. The molecule has 0 bridgehead atoms. The molecule has 160 valence electrons. The Bertz CT molecular complexity index is 1110. The van der Waals surface area contributed by atoms with E-state index in [-0.39, 0.29) is 6.04 Å². The van der Waals surface area contributed by atoms with Crippen molar-refractivity contribution in [3.63, 3.8) is 0 Å². The first-order chi connectivity index (χ1) is 15.2. The summed E-state index contributed by atoms with van der Waals surface area (Å²) in [5.74, 6) is 0.595. The van der Waals surface area contributed by atoms with Crippen molar-refractivity contribution in [2.45, 2.75) is 38.8 Å². The molecule has 4 aromatic rings. The van der Waals surface area contributed by atoms with Crippen LogP contribution in [0.15, 0.2) is 66.9 Å². The lowest BCUT2D eigenvalue weighted by Crippen LogP contribution is -2.32. The van der Waals surface area contributed by atoms with E-state index in [4.69, 9.17) is 4.74 Å². The van der Waals surface area contributed by atoms with E-state index < -0.39 is 6.10 Å². The molecule has 7 nitrogen and oxygen atoms in total. The maximum Gasteiger partial charge on any atom is 0.320 e. The first kappa shape index (κ1) is 20.8. The minimum Gasteiger partial charge on any atom is -0.463 e. The van der Waals surface area contributed by atoms with Gasteiger partial charge in [-0.2, -0.15) is 15.1 Å². The minimum atomic E-state index is -0.586. The summed E-state index contributed by atoms with van der Waals surface area (Å²) >= 11 is 0. The molecule has 31 heavy (non-hydrogen) atoms. The lowest BCUT2D eigenvalue weighted by atomic mass is 10.0. The number of rotatable bonds is 9. The highest BCUT2D eigenvalue weighted by atomic mass is 16.5. The second-order valence-corrected chi connectivity index (χ2v) is 7.52. The molecule has 0 fully saturated rings. The van der Waals surface area contributed by atoms with Crippen molar-refractivity contribution in [2.24, 2.45) is 0 Å². The van der Waals surface area contributed by atoms with Gasteiger partial charge in [-0.25, -0.2) is 4.68 Å². The molecule has 0 aliphatic heterocycles. The Balaban J connectivity index is 1.64. The van der Waals surface area contributed by atoms with Crippen molar-refractivity contribution < 1.29 is 9.84 Å². The summed E-state index contributed by atoms with van der Waals surface area (Å²) < 4.78 is 7.51. The van der Waals surface area contributed by atoms with Crippen LogP contribution in [0, 0.1) is 0 Å². The van der Waals surface area contributed by atoms with Gasteiger partial charge < -0.3 is 15.2 Å². The van der Waals surface area contributed by atoms with E-state index in [2.05, 4.69) is 20.4 Å². The van der Waals surface area contributed by atoms with Crippen molar-refractivity contribution >= 4 is 16.9 Å². The Kier molecular flexibility index (Phi) is 6.43. The molecule has 0 radical (unpaired) electrons. The van der Waals surface area contributed by atoms with Gasteiger partial charge in [0.15, 0.2) is 5.65 Å². The highest BCUT2D eigenvalue weighted by molar-refractivity contribution is 5.87. The van der Waals surface area contributed by atoms with Gasteiger partial charge in [0.25, 0.3) is 0 Å². The molecule has 2 aromatic heterocycles. The number of benzene rings is 2. The zero-order valence-corrected chi connectivity index (χ0v) is 17.8. The molecule has 2 aromatic carbocycles. The SMILES string of the molecule is CCCOc1nc(N[C@H](C)[C@@H](O)Cc2ccccc2)c2cnn(-c3ccccc3)c2n1. The Morgan fingerprint density at radius 2 is 1.74 bits per heavy atom. The lowest BCUT2D eigenvalue weighted by molar-refractivity contribution is 0.158. The maximum absolute atomic E-state index is 10.7. The quantitative estimate of drug-likeness (QED) is 0.428. The van der Waals surface area contributed by atoms with E-state index >= 15 is 0 Å². The smallest absolute Gasteiger partial charge is 0.320 e. The van der Waals surface area contributed by atoms with Gasteiger partial charge in [-0.3, -0.25) is 0 Å². The largest absolute Gasteiger partial charge is 0.463 e. The normalized spacial score (nSPS) is 13.1. The number of aliphatic hydroxyl groups is 1. The van der Waals surface area contributed by atoms with Crippen LogP contribution in [-0.2, 0) is 6.42 Å². The Morgan fingerprint density at radius 1 is 1.03 bits per heavy atom. The van der Waals surface area contributed by atoms with Crippen LogP contribution in [0.2, 0.25) is 0 Å². The standard InChI is InChI=1S/C24H27N5O2/c1-3-14-31-24-27-22(26-17(2)21(30)15-18-10-6-4-7-11-18)20-16-25-29(23(20)28-24)19-12-8-5-9-13-19/h4-13,16-17,21,30H,3,14-15H2,1-2H3,(H,26,27,28)/t17-,21+/m1/s1. The fourth-order valence-electron chi connectivity index (χ4n) is 3.36. The third-order valence-electron chi connectivity index (χ3n) is 5.07. The molecular weight excluding hydrogens is 390 g/mol. The van der Waals surface area contributed by atoms with Gasteiger partial charge in [0.2, 0.25) is 0 Å². The number of para-hydroxylation sites is 1. The molecule has 0 saturated heterocycles. The molecule has 7 heteroatoms. The molecule has 0 saturated carbocycles. The maximum atomic E-state index is 10.7. The number of aliphatic hydroxyl groups excluding tert-OH is 1. The summed E-state index contributed by atoms with van der Waals surface area (Å²) in [5.41, 5.74) is 2.64. The molecule has 2 N–H and O–H groups in total. The van der Waals surface area contributed by atoms with Crippen LogP contribution in [0.3, 0.4) is 0 Å². The molecule has 0 aliphatic rings. The average Bonchev–Trinajstić information content (AvgIpc) is 3.23. The van der Waals surface area contributed by atoms with Crippen molar-refractivity contribution in [2.75, 3.05) is 11.9 Å². The highest BCUT2D eigenvalue weighted by Gasteiger charge is 2.20. The summed E-state index contributed by atoms with van der Waals surface area (Å²) in [6, 6.07) is 19.8. The lowest BCUT2D eigenvalue weighted by Gasteiger charge is -2.21. The van der Waals surface area contributed by atoms with Gasteiger partial charge in [-0.05, 0) is 31.0 Å². The molecule has 2 heterocycles. The summed E-state index contributed by atoms with van der Waals surface area (Å²) in [6.45, 7) is 4.50. The Labute approximate surface area is 181 Å². The van der Waals surface area contributed by atoms with Crippen molar-refractivity contribution in [3.05, 3.63) is 72.4 Å². The number of anilines is 1. The first-order valence-corrected chi connectivity index (χ1v) is 10.6. The van der Waals surface area contributed by atoms with Crippen LogP contribution in [0.4, 0.5) is 5.82 Å². The third kappa shape index (κ3) is 4.83. The predicted octanol–water partition coefficient (Wildman–Crippen LogP) is 4.01. The van der Waals surface area contributed by atoms with Crippen LogP contribution in [0.5, 0.6) is 6.01 Å².